The van der Waals surface area contributed by atoms with Crippen LogP contribution in [0.5, 0.6) is 0 Å². The Labute approximate surface area is 164 Å². The Morgan fingerprint density at radius 2 is 1.96 bits per heavy atom. The summed E-state index contributed by atoms with van der Waals surface area (Å²) in [4.78, 5) is 42.7. The molecule has 1 fully saturated rings. The third-order valence-electron chi connectivity index (χ3n) is 5.71. The van der Waals surface area contributed by atoms with Crippen LogP contribution in [0.25, 0.3) is 10.9 Å². The van der Waals surface area contributed by atoms with E-state index in [4.69, 9.17) is 5.11 Å². The van der Waals surface area contributed by atoms with Gasteiger partial charge in [-0.15, -0.1) is 0 Å². The van der Waals surface area contributed by atoms with Crippen LogP contribution in [0.15, 0.2) is 18.2 Å². The molecule has 2 aromatic rings. The number of carbonyl (C=O) groups is 3. The number of likely N-dealkylation sites (tertiary alicyclic amines) is 1. The summed E-state index contributed by atoms with van der Waals surface area (Å²) in [5.74, 6) is -1.29. The number of H-pyrrole nitrogens is 1. The highest BCUT2D eigenvalue weighted by molar-refractivity contribution is 6.06. The lowest BCUT2D eigenvalue weighted by Gasteiger charge is -2.28. The number of aliphatic carboxylic acids is 1. The molecule has 2 N–H and O–H groups in total. The number of fused-ring (bicyclic) bond motifs is 1. The molecule has 1 aliphatic heterocycles. The van der Waals surface area contributed by atoms with Gasteiger partial charge >= 0.3 is 5.97 Å². The van der Waals surface area contributed by atoms with Crippen molar-refractivity contribution in [1.82, 2.24) is 14.8 Å². The van der Waals surface area contributed by atoms with Gasteiger partial charge in [-0.2, -0.15) is 0 Å². The summed E-state index contributed by atoms with van der Waals surface area (Å²) < 4.78 is 0. The van der Waals surface area contributed by atoms with Crippen LogP contribution in [-0.4, -0.2) is 63.4 Å². The van der Waals surface area contributed by atoms with E-state index in [1.165, 1.54) is 11.8 Å². The number of aromatic amines is 1. The minimum atomic E-state index is -1.02. The number of para-hydroxylation sites is 1. The number of amides is 2. The molecule has 28 heavy (non-hydrogen) atoms. The molecule has 0 spiro atoms. The van der Waals surface area contributed by atoms with Crippen molar-refractivity contribution >= 4 is 28.7 Å². The summed E-state index contributed by atoms with van der Waals surface area (Å²) >= 11 is 0. The normalized spacial score (nSPS) is 17.4. The first-order chi connectivity index (χ1) is 13.3. The molecule has 7 nitrogen and oxygen atoms in total. The maximum atomic E-state index is 13.2. The van der Waals surface area contributed by atoms with E-state index in [0.29, 0.717) is 31.5 Å². The van der Waals surface area contributed by atoms with Gasteiger partial charge in [0.05, 0.1) is 11.1 Å². The number of nitrogens with zero attached hydrogens (tertiary/aromatic N) is 2. The number of carboxylic acid groups (broad SMARTS) is 1. The van der Waals surface area contributed by atoms with E-state index in [1.54, 1.807) is 0 Å². The minimum Gasteiger partial charge on any atom is -0.480 e. The number of aryl methyl sites for hydroxylation is 2. The molecule has 0 aliphatic carbocycles. The number of rotatable bonds is 4. The zero-order valence-corrected chi connectivity index (χ0v) is 16.6. The lowest BCUT2D eigenvalue weighted by Crippen LogP contribution is -2.43. The van der Waals surface area contributed by atoms with E-state index in [2.05, 4.69) is 4.98 Å². The minimum absolute atomic E-state index is 0.0277. The number of carboxylic acids is 1. The molecule has 3 rings (SSSR count). The fourth-order valence-electron chi connectivity index (χ4n) is 4.07. The highest BCUT2D eigenvalue weighted by Gasteiger charge is 2.28. The molecule has 0 saturated carbocycles. The molecular formula is C21H27N3O4. The standard InChI is InChI=1S/C21H27N3O4/c1-13-14(2)22-20-17(13)7-4-8-18(20)21(28)23-10-5-6-16(9-11-23)24(15(3)25)12-19(26)27/h4,7-8,16,22H,5-6,9-12H2,1-3H3,(H,26,27). The summed E-state index contributed by atoms with van der Waals surface area (Å²) in [6.07, 6.45) is 2.01. The average Bonchev–Trinajstić information content (AvgIpc) is 2.83. The molecule has 1 unspecified atom stereocenters. The lowest BCUT2D eigenvalue weighted by molar-refractivity contribution is -0.145. The zero-order chi connectivity index (χ0) is 20.4. The fraction of sp³-hybridized carbons (Fsp3) is 0.476. The summed E-state index contributed by atoms with van der Waals surface area (Å²) in [5, 5.41) is 10.1. The van der Waals surface area contributed by atoms with Crippen molar-refractivity contribution in [2.24, 2.45) is 0 Å². The largest absolute Gasteiger partial charge is 0.480 e. The van der Waals surface area contributed by atoms with E-state index in [9.17, 15) is 14.4 Å². The van der Waals surface area contributed by atoms with Crippen molar-refractivity contribution in [1.29, 1.82) is 0 Å². The number of hydrogen-bond donors (Lipinski definition) is 2. The number of benzene rings is 1. The number of hydrogen-bond acceptors (Lipinski definition) is 3. The maximum absolute atomic E-state index is 13.2. The Morgan fingerprint density at radius 3 is 2.64 bits per heavy atom. The summed E-state index contributed by atoms with van der Waals surface area (Å²) in [6, 6.07) is 5.60. The Bertz CT molecular complexity index is 918. The zero-order valence-electron chi connectivity index (χ0n) is 16.6. The van der Waals surface area contributed by atoms with Crippen LogP contribution in [0, 0.1) is 13.8 Å². The van der Waals surface area contributed by atoms with Gasteiger partial charge in [0.1, 0.15) is 6.54 Å². The predicted octanol–water partition coefficient (Wildman–Crippen LogP) is 2.71. The molecule has 1 aromatic carbocycles. The highest BCUT2D eigenvalue weighted by Crippen LogP contribution is 2.26. The molecule has 150 valence electrons. The van der Waals surface area contributed by atoms with E-state index >= 15 is 0 Å². The van der Waals surface area contributed by atoms with Gasteiger partial charge < -0.3 is 19.9 Å². The molecule has 2 amide bonds. The van der Waals surface area contributed by atoms with Gasteiger partial charge in [-0.3, -0.25) is 14.4 Å². The number of carbonyl (C=O) groups excluding carboxylic acids is 2. The van der Waals surface area contributed by atoms with Gasteiger partial charge in [0.2, 0.25) is 5.91 Å². The van der Waals surface area contributed by atoms with Crippen molar-refractivity contribution in [3.05, 3.63) is 35.0 Å². The Balaban J connectivity index is 1.79. The lowest BCUT2D eigenvalue weighted by atomic mass is 10.1. The third-order valence-corrected chi connectivity index (χ3v) is 5.71. The van der Waals surface area contributed by atoms with Crippen LogP contribution in [-0.2, 0) is 9.59 Å². The predicted molar refractivity (Wildman–Crippen MR) is 106 cm³/mol. The second kappa shape index (κ2) is 8.04. The first kappa shape index (κ1) is 19.9. The third kappa shape index (κ3) is 3.88. The van der Waals surface area contributed by atoms with Gasteiger partial charge in [-0.1, -0.05) is 12.1 Å². The van der Waals surface area contributed by atoms with Crippen LogP contribution in [0.2, 0.25) is 0 Å². The number of nitrogens with one attached hydrogen (secondary N) is 1. The molecule has 7 heteroatoms. The van der Waals surface area contributed by atoms with Crippen molar-refractivity contribution in [3.8, 4) is 0 Å². The SMILES string of the molecule is CC(=O)N(CC(=O)O)C1CCCN(C(=O)c2cccc3c(C)c(C)[nH]c23)CC1. The van der Waals surface area contributed by atoms with Crippen LogP contribution < -0.4 is 0 Å². The van der Waals surface area contributed by atoms with Gasteiger partial charge in [-0.05, 0) is 44.7 Å². The van der Waals surface area contributed by atoms with Crippen molar-refractivity contribution < 1.29 is 19.5 Å². The fourth-order valence-corrected chi connectivity index (χ4v) is 4.07. The summed E-state index contributed by atoms with van der Waals surface area (Å²) in [7, 11) is 0. The Hall–Kier alpha value is -2.83. The Kier molecular flexibility index (Phi) is 5.72. The molecule has 2 heterocycles. The van der Waals surface area contributed by atoms with Crippen LogP contribution in [0.1, 0.15) is 47.8 Å². The second-order valence-corrected chi connectivity index (χ2v) is 7.52. The first-order valence-electron chi connectivity index (χ1n) is 9.65. The van der Waals surface area contributed by atoms with Crippen LogP contribution in [0.3, 0.4) is 0 Å². The Morgan fingerprint density at radius 1 is 1.21 bits per heavy atom. The number of aromatic nitrogens is 1. The molecular weight excluding hydrogens is 358 g/mol. The average molecular weight is 385 g/mol. The van der Waals surface area contributed by atoms with Crippen LogP contribution >= 0.6 is 0 Å². The molecule has 0 radical (unpaired) electrons. The quantitative estimate of drug-likeness (QED) is 0.846. The molecule has 1 atom stereocenters. The molecule has 1 saturated heterocycles. The van der Waals surface area contributed by atoms with E-state index in [-0.39, 0.29) is 24.4 Å². The van der Waals surface area contributed by atoms with E-state index < -0.39 is 5.97 Å². The van der Waals surface area contributed by atoms with Gasteiger partial charge in [-0.25, -0.2) is 0 Å². The topological polar surface area (TPSA) is 93.7 Å². The second-order valence-electron chi connectivity index (χ2n) is 7.52. The monoisotopic (exact) mass is 385 g/mol. The van der Waals surface area contributed by atoms with E-state index in [1.807, 2.05) is 36.9 Å². The molecule has 0 bridgehead atoms. The summed E-state index contributed by atoms with van der Waals surface area (Å²) in [6.45, 7) is 6.24. The van der Waals surface area contributed by atoms with Gasteiger partial charge in [0, 0.05) is 37.1 Å². The maximum Gasteiger partial charge on any atom is 0.323 e. The van der Waals surface area contributed by atoms with Gasteiger partial charge in [0.15, 0.2) is 0 Å². The smallest absolute Gasteiger partial charge is 0.323 e. The van der Waals surface area contributed by atoms with Crippen molar-refractivity contribution in [2.75, 3.05) is 19.6 Å². The van der Waals surface area contributed by atoms with Crippen molar-refractivity contribution in [3.63, 3.8) is 0 Å². The molecule has 1 aliphatic rings. The van der Waals surface area contributed by atoms with Crippen molar-refractivity contribution in [2.45, 2.75) is 46.1 Å². The summed E-state index contributed by atoms with van der Waals surface area (Å²) in [5.41, 5.74) is 3.71. The van der Waals surface area contributed by atoms with E-state index in [0.717, 1.165) is 28.6 Å². The van der Waals surface area contributed by atoms with Gasteiger partial charge in [0.25, 0.3) is 5.91 Å². The first-order valence-corrected chi connectivity index (χ1v) is 9.65. The highest BCUT2D eigenvalue weighted by atomic mass is 16.4. The van der Waals surface area contributed by atoms with Crippen LogP contribution in [0.4, 0.5) is 0 Å². The molecule has 1 aromatic heterocycles.